The zero-order chi connectivity index (χ0) is 12.7. The summed E-state index contributed by atoms with van der Waals surface area (Å²) in [6, 6.07) is 8.21. The van der Waals surface area contributed by atoms with Crippen LogP contribution >= 0.6 is 0 Å². The van der Waals surface area contributed by atoms with Crippen molar-refractivity contribution in [2.75, 3.05) is 0 Å². The van der Waals surface area contributed by atoms with Gasteiger partial charge in [-0.3, -0.25) is 0 Å². The van der Waals surface area contributed by atoms with Gasteiger partial charge in [0, 0.05) is 11.6 Å². The van der Waals surface area contributed by atoms with Crippen LogP contribution < -0.4 is 10.5 Å². The predicted molar refractivity (Wildman–Crippen MR) is 73.3 cm³/mol. The van der Waals surface area contributed by atoms with Crippen LogP contribution in [0.5, 0.6) is 5.75 Å². The molecule has 17 heavy (non-hydrogen) atoms. The first kappa shape index (κ1) is 14.0. The molecule has 0 radical (unpaired) electrons. The number of para-hydroxylation sites is 1. The Bertz CT molecular complexity index is 322. The highest BCUT2D eigenvalue weighted by molar-refractivity contribution is 5.35. The molecule has 1 aromatic carbocycles. The Morgan fingerprint density at radius 2 is 1.88 bits per heavy atom. The molecule has 2 N–H and O–H groups in total. The lowest BCUT2D eigenvalue weighted by atomic mass is 10.0. The summed E-state index contributed by atoms with van der Waals surface area (Å²) in [5.41, 5.74) is 7.37. The maximum absolute atomic E-state index is 6.23. The molecule has 0 unspecified atom stereocenters. The smallest absolute Gasteiger partial charge is 0.124 e. The molecule has 0 spiro atoms. The van der Waals surface area contributed by atoms with Gasteiger partial charge in [-0.1, -0.05) is 44.4 Å². The van der Waals surface area contributed by atoms with Crippen molar-refractivity contribution >= 4 is 0 Å². The highest BCUT2D eigenvalue weighted by atomic mass is 16.5. The molecule has 0 aliphatic heterocycles. The van der Waals surface area contributed by atoms with Crippen LogP contribution in [0.15, 0.2) is 24.3 Å². The fourth-order valence-electron chi connectivity index (χ4n) is 1.92. The van der Waals surface area contributed by atoms with E-state index in [9.17, 15) is 0 Å². The highest BCUT2D eigenvalue weighted by Crippen LogP contribution is 2.27. The number of hydrogen-bond donors (Lipinski definition) is 1. The Balaban J connectivity index is 2.67. The number of rotatable bonds is 7. The molecule has 96 valence electrons. The Kier molecular flexibility index (Phi) is 6.06. The summed E-state index contributed by atoms with van der Waals surface area (Å²) in [6.07, 6.45) is 4.90. The van der Waals surface area contributed by atoms with Gasteiger partial charge in [0.2, 0.25) is 0 Å². The fourth-order valence-corrected chi connectivity index (χ4v) is 1.92. The van der Waals surface area contributed by atoms with E-state index in [1.807, 2.05) is 32.0 Å². The molecule has 0 saturated carbocycles. The molecule has 1 aromatic rings. The van der Waals surface area contributed by atoms with Gasteiger partial charge in [-0.25, -0.2) is 0 Å². The lowest BCUT2D eigenvalue weighted by molar-refractivity contribution is 0.238. The van der Waals surface area contributed by atoms with Crippen LogP contribution in [0, 0.1) is 0 Å². The molecule has 0 bridgehead atoms. The van der Waals surface area contributed by atoms with E-state index < -0.39 is 0 Å². The van der Waals surface area contributed by atoms with Gasteiger partial charge < -0.3 is 10.5 Å². The third kappa shape index (κ3) is 4.78. The van der Waals surface area contributed by atoms with Gasteiger partial charge in [0.25, 0.3) is 0 Å². The Labute approximate surface area is 105 Å². The number of nitrogens with two attached hydrogens (primary N) is 1. The summed E-state index contributed by atoms with van der Waals surface area (Å²) >= 11 is 0. The number of benzene rings is 1. The first-order chi connectivity index (χ1) is 8.15. The summed E-state index contributed by atoms with van der Waals surface area (Å²) in [5, 5.41) is 0. The van der Waals surface area contributed by atoms with Crippen molar-refractivity contribution in [3.05, 3.63) is 29.8 Å². The van der Waals surface area contributed by atoms with E-state index in [2.05, 4.69) is 13.0 Å². The van der Waals surface area contributed by atoms with Crippen molar-refractivity contribution in [3.8, 4) is 5.75 Å². The normalized spacial score (nSPS) is 12.8. The first-order valence-corrected chi connectivity index (χ1v) is 6.66. The molecule has 0 aliphatic carbocycles. The topological polar surface area (TPSA) is 35.2 Å². The minimum Gasteiger partial charge on any atom is -0.491 e. The Morgan fingerprint density at radius 1 is 1.18 bits per heavy atom. The number of unbranched alkanes of at least 4 members (excludes halogenated alkanes) is 2. The molecule has 0 amide bonds. The zero-order valence-electron chi connectivity index (χ0n) is 11.3. The minimum absolute atomic E-state index is 0.0940. The molecular weight excluding hydrogens is 210 g/mol. The molecule has 1 rings (SSSR count). The van der Waals surface area contributed by atoms with E-state index >= 15 is 0 Å². The lowest BCUT2D eigenvalue weighted by Crippen LogP contribution is -2.14. The summed E-state index contributed by atoms with van der Waals surface area (Å²) in [5.74, 6) is 0.937. The largest absolute Gasteiger partial charge is 0.491 e. The molecule has 0 aliphatic rings. The molecule has 0 aromatic heterocycles. The van der Waals surface area contributed by atoms with Crippen molar-refractivity contribution in [2.45, 2.75) is 58.6 Å². The average molecular weight is 235 g/mol. The second-order valence-electron chi connectivity index (χ2n) is 4.81. The van der Waals surface area contributed by atoms with Gasteiger partial charge in [0.1, 0.15) is 5.75 Å². The predicted octanol–water partition coefficient (Wildman–Crippen LogP) is 4.05. The average Bonchev–Trinajstić information content (AvgIpc) is 2.29. The van der Waals surface area contributed by atoms with E-state index in [1.165, 1.54) is 19.3 Å². The zero-order valence-corrected chi connectivity index (χ0v) is 11.3. The van der Waals surface area contributed by atoms with Gasteiger partial charge >= 0.3 is 0 Å². The van der Waals surface area contributed by atoms with Crippen molar-refractivity contribution in [1.82, 2.24) is 0 Å². The lowest BCUT2D eigenvalue weighted by Gasteiger charge is -2.18. The van der Waals surface area contributed by atoms with Crippen molar-refractivity contribution < 1.29 is 4.74 Å². The third-order valence-corrected chi connectivity index (χ3v) is 2.80. The van der Waals surface area contributed by atoms with Crippen LogP contribution in [-0.2, 0) is 0 Å². The molecule has 2 nitrogen and oxygen atoms in total. The molecule has 1 atom stereocenters. The van der Waals surface area contributed by atoms with Crippen LogP contribution in [0.2, 0.25) is 0 Å². The maximum atomic E-state index is 6.23. The number of hydrogen-bond acceptors (Lipinski definition) is 2. The van der Waals surface area contributed by atoms with Gasteiger partial charge in [-0.15, -0.1) is 0 Å². The quantitative estimate of drug-likeness (QED) is 0.723. The van der Waals surface area contributed by atoms with Crippen LogP contribution in [0.3, 0.4) is 0 Å². The van der Waals surface area contributed by atoms with Gasteiger partial charge in [0.15, 0.2) is 0 Å². The SMILES string of the molecule is CCCCC[C@H](N)c1ccccc1OC(C)C. The van der Waals surface area contributed by atoms with Crippen molar-refractivity contribution in [1.29, 1.82) is 0 Å². The van der Waals surface area contributed by atoms with Crippen LogP contribution in [0.4, 0.5) is 0 Å². The Hall–Kier alpha value is -1.02. The third-order valence-electron chi connectivity index (χ3n) is 2.80. The molecule has 0 fully saturated rings. The Morgan fingerprint density at radius 3 is 2.53 bits per heavy atom. The van der Waals surface area contributed by atoms with Gasteiger partial charge in [0.05, 0.1) is 6.10 Å². The minimum atomic E-state index is 0.0940. The second kappa shape index (κ2) is 7.33. The standard InChI is InChI=1S/C15H25NO/c1-4-5-6-10-14(16)13-9-7-8-11-15(13)17-12(2)3/h7-9,11-12,14H,4-6,10,16H2,1-3H3/t14-/m0/s1. The van der Waals surface area contributed by atoms with Crippen molar-refractivity contribution in [2.24, 2.45) is 5.73 Å². The fraction of sp³-hybridized carbons (Fsp3) is 0.600. The maximum Gasteiger partial charge on any atom is 0.124 e. The van der Waals surface area contributed by atoms with Crippen LogP contribution in [0.25, 0.3) is 0 Å². The molecule has 0 heterocycles. The summed E-state index contributed by atoms with van der Waals surface area (Å²) < 4.78 is 5.79. The van der Waals surface area contributed by atoms with Gasteiger partial charge in [-0.2, -0.15) is 0 Å². The summed E-state index contributed by atoms with van der Waals surface area (Å²) in [7, 11) is 0. The summed E-state index contributed by atoms with van der Waals surface area (Å²) in [4.78, 5) is 0. The molecular formula is C15H25NO. The summed E-state index contributed by atoms with van der Waals surface area (Å²) in [6.45, 7) is 6.29. The first-order valence-electron chi connectivity index (χ1n) is 6.66. The highest BCUT2D eigenvalue weighted by Gasteiger charge is 2.12. The van der Waals surface area contributed by atoms with E-state index in [0.717, 1.165) is 17.7 Å². The van der Waals surface area contributed by atoms with E-state index in [-0.39, 0.29) is 12.1 Å². The molecule has 0 saturated heterocycles. The monoisotopic (exact) mass is 235 g/mol. The second-order valence-corrected chi connectivity index (χ2v) is 4.81. The molecule has 2 heteroatoms. The van der Waals surface area contributed by atoms with Crippen LogP contribution in [-0.4, -0.2) is 6.10 Å². The van der Waals surface area contributed by atoms with Crippen molar-refractivity contribution in [3.63, 3.8) is 0 Å². The van der Waals surface area contributed by atoms with E-state index in [4.69, 9.17) is 10.5 Å². The van der Waals surface area contributed by atoms with Gasteiger partial charge in [-0.05, 0) is 26.3 Å². The van der Waals surface area contributed by atoms with Crippen LogP contribution in [0.1, 0.15) is 58.1 Å². The van der Waals surface area contributed by atoms with E-state index in [0.29, 0.717) is 0 Å². The number of ether oxygens (including phenoxy) is 1. The van der Waals surface area contributed by atoms with E-state index in [1.54, 1.807) is 0 Å².